The summed E-state index contributed by atoms with van der Waals surface area (Å²) in [5.74, 6) is 2.35. The first-order valence-corrected chi connectivity index (χ1v) is 12.2. The van der Waals surface area contributed by atoms with Gasteiger partial charge in [0.1, 0.15) is 0 Å². The lowest BCUT2D eigenvalue weighted by Gasteiger charge is -2.51. The van der Waals surface area contributed by atoms with Crippen molar-refractivity contribution in [2.24, 2.45) is 35.0 Å². The van der Waals surface area contributed by atoms with Crippen molar-refractivity contribution >= 4 is 29.5 Å². The minimum absolute atomic E-state index is 0.0514. The summed E-state index contributed by atoms with van der Waals surface area (Å²) in [5.41, 5.74) is 1.39. The number of carbonyl (C=O) groups is 1. The molecule has 0 aromatic carbocycles. The Morgan fingerprint density at radius 3 is 2.70 bits per heavy atom. The third-order valence-electron chi connectivity index (χ3n) is 7.86. The number of hydrogen-bond acceptors (Lipinski definition) is 5. The van der Waals surface area contributed by atoms with Crippen molar-refractivity contribution in [3.8, 4) is 0 Å². The van der Waals surface area contributed by atoms with Gasteiger partial charge in [0.2, 0.25) is 0 Å². The second kappa shape index (κ2) is 7.14. The van der Waals surface area contributed by atoms with Gasteiger partial charge >= 0.3 is 5.97 Å². The van der Waals surface area contributed by atoms with E-state index in [2.05, 4.69) is 50.0 Å². The van der Waals surface area contributed by atoms with Crippen LogP contribution in [-0.4, -0.2) is 39.9 Å². The molecule has 3 fully saturated rings. The van der Waals surface area contributed by atoms with Crippen LogP contribution in [-0.2, 0) is 9.53 Å². The highest BCUT2D eigenvalue weighted by Crippen LogP contribution is 2.68. The zero-order valence-electron chi connectivity index (χ0n) is 16.6. The topological polar surface area (TPSA) is 46.5 Å². The van der Waals surface area contributed by atoms with E-state index in [0.717, 1.165) is 12.8 Å². The van der Waals surface area contributed by atoms with Crippen molar-refractivity contribution in [1.29, 1.82) is 0 Å². The predicted molar refractivity (Wildman–Crippen MR) is 114 cm³/mol. The molecule has 0 unspecified atom stereocenters. The van der Waals surface area contributed by atoms with E-state index >= 15 is 0 Å². The van der Waals surface area contributed by atoms with E-state index in [-0.39, 0.29) is 45.1 Å². The van der Waals surface area contributed by atoms with Crippen LogP contribution in [0.2, 0.25) is 0 Å². The van der Waals surface area contributed by atoms with Gasteiger partial charge in [0, 0.05) is 11.8 Å². The molecule has 3 aliphatic carbocycles. The molecule has 3 nitrogen and oxygen atoms in total. The number of aliphatic hydroxyl groups is 1. The largest absolute Gasteiger partial charge is 0.469 e. The van der Waals surface area contributed by atoms with Gasteiger partial charge in [-0.1, -0.05) is 24.6 Å². The minimum Gasteiger partial charge on any atom is -0.469 e. The van der Waals surface area contributed by atoms with Gasteiger partial charge in [0.05, 0.1) is 23.2 Å². The van der Waals surface area contributed by atoms with E-state index in [1.165, 1.54) is 37.0 Å². The fourth-order valence-corrected chi connectivity index (χ4v) is 10.1. The van der Waals surface area contributed by atoms with Crippen LogP contribution < -0.4 is 0 Å². The Morgan fingerprint density at radius 1 is 1.37 bits per heavy atom. The highest BCUT2D eigenvalue weighted by Gasteiger charge is 2.65. The molecule has 4 aliphatic rings. The van der Waals surface area contributed by atoms with Crippen molar-refractivity contribution < 1.29 is 14.6 Å². The third kappa shape index (κ3) is 2.95. The van der Waals surface area contributed by atoms with Gasteiger partial charge in [-0.15, -0.1) is 30.1 Å². The summed E-state index contributed by atoms with van der Waals surface area (Å²) >= 11 is 4.23. The first-order valence-electron chi connectivity index (χ1n) is 10.2. The smallest absolute Gasteiger partial charge is 0.309 e. The molecule has 2 saturated carbocycles. The van der Waals surface area contributed by atoms with E-state index in [1.807, 2.05) is 6.08 Å². The zero-order valence-corrected chi connectivity index (χ0v) is 18.3. The summed E-state index contributed by atoms with van der Waals surface area (Å²) in [6, 6.07) is 0. The van der Waals surface area contributed by atoms with Gasteiger partial charge in [-0.25, -0.2) is 0 Å². The molecular weight excluding hydrogens is 376 g/mol. The van der Waals surface area contributed by atoms with Crippen molar-refractivity contribution in [3.63, 3.8) is 0 Å². The summed E-state index contributed by atoms with van der Waals surface area (Å²) in [6.45, 7) is 8.52. The van der Waals surface area contributed by atoms with Gasteiger partial charge < -0.3 is 9.84 Å². The summed E-state index contributed by atoms with van der Waals surface area (Å²) in [7, 11) is 1.46. The number of thioether (sulfide) groups is 2. The number of fused-ring (bicyclic) bond motifs is 3. The average Bonchev–Trinajstić information content (AvgIpc) is 2.90. The van der Waals surface area contributed by atoms with Crippen molar-refractivity contribution in [2.45, 2.75) is 49.7 Å². The number of esters is 1. The van der Waals surface area contributed by atoms with Crippen LogP contribution in [0.4, 0.5) is 0 Å². The molecule has 0 aromatic rings. The number of aliphatic hydroxyl groups excluding tert-OH is 1. The number of hydrogen-bond donors (Lipinski definition) is 1. The normalized spacial score (nSPS) is 45.6. The molecule has 27 heavy (non-hydrogen) atoms. The minimum atomic E-state index is -0.449. The van der Waals surface area contributed by atoms with Crippen LogP contribution in [0.3, 0.4) is 0 Å². The Kier molecular flexibility index (Phi) is 5.26. The maximum atomic E-state index is 12.7. The highest BCUT2D eigenvalue weighted by atomic mass is 32.2. The number of rotatable bonds is 2. The maximum absolute atomic E-state index is 12.7. The number of carbonyl (C=O) groups excluding carboxylic acids is 1. The fourth-order valence-electron chi connectivity index (χ4n) is 6.67. The molecular formula is C22H32O3S2. The molecule has 5 heteroatoms. The van der Waals surface area contributed by atoms with Crippen LogP contribution in [0.25, 0.3) is 0 Å². The summed E-state index contributed by atoms with van der Waals surface area (Å²) in [6.07, 6.45) is 8.32. The van der Waals surface area contributed by atoms with Crippen molar-refractivity contribution in [3.05, 3.63) is 24.3 Å². The zero-order chi connectivity index (χ0) is 19.4. The fraction of sp³-hybridized carbons (Fsp3) is 0.773. The van der Waals surface area contributed by atoms with Crippen LogP contribution in [0.15, 0.2) is 24.3 Å². The first-order chi connectivity index (χ1) is 12.9. The summed E-state index contributed by atoms with van der Waals surface area (Å²) in [4.78, 5) is 12.7. The quantitative estimate of drug-likeness (QED) is 0.538. The van der Waals surface area contributed by atoms with Crippen LogP contribution in [0.1, 0.15) is 39.5 Å². The molecule has 7 atom stereocenters. The maximum Gasteiger partial charge on any atom is 0.309 e. The molecule has 1 saturated heterocycles. The van der Waals surface area contributed by atoms with E-state index in [0.29, 0.717) is 0 Å². The Labute approximate surface area is 171 Å². The molecule has 1 heterocycles. The lowest BCUT2D eigenvalue weighted by Crippen LogP contribution is -2.44. The van der Waals surface area contributed by atoms with E-state index < -0.39 is 6.10 Å². The Bertz CT molecular complexity index is 654. The molecule has 1 spiro atoms. The highest BCUT2D eigenvalue weighted by molar-refractivity contribution is 8.18. The Morgan fingerprint density at radius 2 is 2.07 bits per heavy atom. The average molecular weight is 409 g/mol. The van der Waals surface area contributed by atoms with E-state index in [4.69, 9.17) is 4.74 Å². The lowest BCUT2D eigenvalue weighted by molar-refractivity contribution is -0.151. The van der Waals surface area contributed by atoms with Crippen molar-refractivity contribution in [2.75, 3.05) is 18.6 Å². The van der Waals surface area contributed by atoms with Crippen molar-refractivity contribution in [1.82, 2.24) is 0 Å². The van der Waals surface area contributed by atoms with E-state index in [1.54, 1.807) is 0 Å². The van der Waals surface area contributed by atoms with Crippen LogP contribution in [0.5, 0.6) is 0 Å². The standard InChI is InChI=1S/C22H32O3S2/c1-5-14-11-13(2)18-17(16(14)20(24)25-4)19(23)15-12-22(8-7-21(15,18)3)26-9-6-10-27-22/h5,11,14-19,23H,1,6-10,12H2,2-4H3/t14-,15-,16-,17+,18+,19-,21+/m0/s1. The molecule has 0 aromatic heterocycles. The summed E-state index contributed by atoms with van der Waals surface area (Å²) < 4.78 is 5.45. The van der Waals surface area contributed by atoms with Crippen LogP contribution >= 0.6 is 23.5 Å². The van der Waals surface area contributed by atoms with Crippen LogP contribution in [0, 0.1) is 35.0 Å². The molecule has 1 aliphatic heterocycles. The monoisotopic (exact) mass is 408 g/mol. The third-order valence-corrected chi connectivity index (χ3v) is 11.4. The van der Waals surface area contributed by atoms with Gasteiger partial charge in [-0.05, 0) is 61.4 Å². The van der Waals surface area contributed by atoms with Gasteiger partial charge in [-0.2, -0.15) is 0 Å². The Hall–Kier alpha value is -0.390. The second-order valence-corrected chi connectivity index (χ2v) is 12.3. The number of methoxy groups -OCH3 is 1. The molecule has 150 valence electrons. The first kappa shape index (κ1) is 19.9. The van der Waals surface area contributed by atoms with Gasteiger partial charge in [0.25, 0.3) is 0 Å². The molecule has 0 radical (unpaired) electrons. The SMILES string of the molecule is C=C[C@H]1C=C(C)[C@@H]2[C@H]([C@@H](O)[C@@H]3CC4(CC[C@@]23C)SCCCS4)[C@H]1C(=O)OC. The predicted octanol–water partition coefficient (Wildman–Crippen LogP) is 4.52. The summed E-state index contributed by atoms with van der Waals surface area (Å²) in [5, 5.41) is 11.6. The molecule has 4 rings (SSSR count). The Balaban J connectivity index is 1.73. The van der Waals surface area contributed by atoms with Gasteiger partial charge in [-0.3, -0.25) is 4.79 Å². The molecule has 1 N–H and O–H groups in total. The second-order valence-electron chi connectivity index (χ2n) is 9.10. The number of allylic oxidation sites excluding steroid dienone is 3. The molecule has 0 bridgehead atoms. The lowest BCUT2D eigenvalue weighted by atomic mass is 9.59. The molecule has 0 amide bonds. The number of ether oxygens (including phenoxy) is 1. The van der Waals surface area contributed by atoms with E-state index in [9.17, 15) is 9.90 Å². The van der Waals surface area contributed by atoms with Gasteiger partial charge in [0.15, 0.2) is 0 Å².